The van der Waals surface area contributed by atoms with Crippen molar-refractivity contribution >= 4 is 50.3 Å². The van der Waals surface area contributed by atoms with E-state index in [1.807, 2.05) is 8.95 Å². The van der Waals surface area contributed by atoms with Gasteiger partial charge in [-0.1, -0.05) is 0 Å². The molecule has 19 heavy (non-hydrogen) atoms. The Labute approximate surface area is 134 Å². The Morgan fingerprint density at radius 1 is 1.21 bits per heavy atom. The molecule has 0 bridgehead atoms. The molecule has 0 saturated carbocycles. The van der Waals surface area contributed by atoms with Crippen LogP contribution in [0.25, 0.3) is 0 Å². The molecule has 6 heteroatoms. The van der Waals surface area contributed by atoms with Crippen LogP contribution in [0.3, 0.4) is 0 Å². The zero-order chi connectivity index (χ0) is 14.1. The van der Waals surface area contributed by atoms with Gasteiger partial charge < -0.3 is 0 Å². The van der Waals surface area contributed by atoms with E-state index in [0.29, 0.717) is 0 Å². The first-order valence-electron chi connectivity index (χ1n) is 7.36. The van der Waals surface area contributed by atoms with Gasteiger partial charge >= 0.3 is 135 Å². The second-order valence-electron chi connectivity index (χ2n) is 5.06. The normalized spacial score (nSPS) is 16.7. The van der Waals surface area contributed by atoms with E-state index in [9.17, 15) is 0 Å². The van der Waals surface area contributed by atoms with Crippen LogP contribution in [0.1, 0.15) is 39.5 Å². The molecule has 0 aromatic rings. The zero-order valence-electron chi connectivity index (χ0n) is 12.1. The van der Waals surface area contributed by atoms with Gasteiger partial charge in [-0.05, 0) is 0 Å². The molecular weight excluding hydrogens is 404 g/mol. The van der Waals surface area contributed by atoms with E-state index >= 15 is 0 Å². The van der Waals surface area contributed by atoms with E-state index in [-0.39, 0.29) is 0 Å². The van der Waals surface area contributed by atoms with Crippen molar-refractivity contribution < 1.29 is 4.74 Å². The first-order valence-corrected chi connectivity index (χ1v) is 19.7. The second-order valence-corrected chi connectivity index (χ2v) is 27.5. The standard InChI is InChI=1S/C5H9NOS2.2C4H9.ClH.Sn/c8-5(9)6-1-3-7-4-2-6;2*1-3-4-2;;/h1-4H2,(H,8,9);2*1,3-4H2,2H3;1H;/q;;;;+2/p-2. The molecule has 1 fully saturated rings. The predicted octanol–water partition coefficient (Wildman–Crippen LogP) is 4.62. The Hall–Kier alpha value is 1.29. The van der Waals surface area contributed by atoms with E-state index in [0.717, 1.165) is 30.6 Å². The van der Waals surface area contributed by atoms with Crippen LogP contribution in [0.2, 0.25) is 8.87 Å². The number of hydrogen-bond acceptors (Lipinski definition) is 3. The minimum atomic E-state index is -2.58. The molecule has 0 N–H and O–H groups in total. The quantitative estimate of drug-likeness (QED) is 0.431. The molecule has 1 saturated heterocycles. The van der Waals surface area contributed by atoms with Crippen molar-refractivity contribution in [2.75, 3.05) is 26.3 Å². The van der Waals surface area contributed by atoms with Crippen LogP contribution in [0, 0.1) is 0 Å². The summed E-state index contributed by atoms with van der Waals surface area (Å²) in [7, 11) is 8.95. The van der Waals surface area contributed by atoms with Crippen LogP contribution in [0.5, 0.6) is 0 Å². The van der Waals surface area contributed by atoms with Crippen molar-refractivity contribution in [1.82, 2.24) is 4.90 Å². The molecule has 1 aliphatic rings. The Bertz CT molecular complexity index is 267. The molecule has 0 aromatic carbocycles. The van der Waals surface area contributed by atoms with Gasteiger partial charge in [0, 0.05) is 0 Å². The summed E-state index contributed by atoms with van der Waals surface area (Å²) >= 11 is 3.05. The summed E-state index contributed by atoms with van der Waals surface area (Å²) in [4.78, 5) is 2.29. The van der Waals surface area contributed by atoms with E-state index < -0.39 is 15.9 Å². The predicted molar refractivity (Wildman–Crippen MR) is 93.6 cm³/mol. The summed E-state index contributed by atoms with van der Waals surface area (Å²) in [5.74, 6) is 0. The van der Waals surface area contributed by atoms with Gasteiger partial charge in [0.05, 0.1) is 0 Å². The Kier molecular flexibility index (Phi) is 9.74. The van der Waals surface area contributed by atoms with Crippen molar-refractivity contribution in [3.05, 3.63) is 0 Å². The second kappa shape index (κ2) is 10.1. The van der Waals surface area contributed by atoms with Gasteiger partial charge in [0.15, 0.2) is 0 Å². The third-order valence-corrected chi connectivity index (χ3v) is 23.8. The fourth-order valence-corrected chi connectivity index (χ4v) is 23.7. The third-order valence-electron chi connectivity index (χ3n) is 3.35. The molecular formula is C13H26ClNOS2Sn. The molecule has 2 nitrogen and oxygen atoms in total. The summed E-state index contributed by atoms with van der Waals surface area (Å²) in [5.41, 5.74) is 0. The molecule has 0 aromatic heterocycles. The average Bonchev–Trinajstić information content (AvgIpc) is 2.44. The first-order chi connectivity index (χ1) is 9.11. The van der Waals surface area contributed by atoms with Crippen molar-refractivity contribution in [3.8, 4) is 0 Å². The average molecular weight is 431 g/mol. The Morgan fingerprint density at radius 3 is 2.21 bits per heavy atom. The number of hydrogen-bond donors (Lipinski definition) is 0. The molecule has 0 unspecified atom stereocenters. The summed E-state index contributed by atoms with van der Waals surface area (Å²) in [6, 6.07) is 0. The van der Waals surface area contributed by atoms with Crippen LogP contribution >= 0.6 is 30.1 Å². The topological polar surface area (TPSA) is 12.5 Å². The van der Waals surface area contributed by atoms with Crippen molar-refractivity contribution in [3.63, 3.8) is 0 Å². The maximum atomic E-state index is 7.04. The fourth-order valence-electron chi connectivity index (χ4n) is 2.08. The monoisotopic (exact) mass is 431 g/mol. The summed E-state index contributed by atoms with van der Waals surface area (Å²) in [6.07, 6.45) is 5.01. The molecule has 0 spiro atoms. The van der Waals surface area contributed by atoms with E-state index in [1.165, 1.54) is 34.6 Å². The van der Waals surface area contributed by atoms with E-state index in [4.69, 9.17) is 25.9 Å². The third kappa shape index (κ3) is 7.20. The zero-order valence-corrected chi connectivity index (χ0v) is 17.4. The van der Waals surface area contributed by atoms with Crippen LogP contribution in [0.4, 0.5) is 0 Å². The number of ether oxygens (including phenoxy) is 1. The van der Waals surface area contributed by atoms with Crippen LogP contribution in [0.15, 0.2) is 0 Å². The SMILES string of the molecule is CCC[CH2][Sn]([Cl])([CH2]CCC)[S]C(=S)N1CCOCC1. The van der Waals surface area contributed by atoms with Crippen molar-refractivity contribution in [2.24, 2.45) is 0 Å². The number of unbranched alkanes of at least 4 members (excludes halogenated alkanes) is 2. The summed E-state index contributed by atoms with van der Waals surface area (Å²) in [6.45, 7) is 7.96. The van der Waals surface area contributed by atoms with Gasteiger partial charge in [0.1, 0.15) is 0 Å². The van der Waals surface area contributed by atoms with E-state index in [2.05, 4.69) is 18.7 Å². The van der Waals surface area contributed by atoms with Gasteiger partial charge in [-0.25, -0.2) is 0 Å². The Balaban J connectivity index is 2.51. The van der Waals surface area contributed by atoms with Crippen LogP contribution < -0.4 is 0 Å². The number of rotatable bonds is 7. The van der Waals surface area contributed by atoms with Crippen molar-refractivity contribution in [2.45, 2.75) is 48.4 Å². The first kappa shape index (κ1) is 18.3. The number of nitrogens with zero attached hydrogens (tertiary/aromatic N) is 1. The molecule has 1 heterocycles. The molecule has 0 amide bonds. The number of halogens is 1. The molecule has 112 valence electrons. The van der Waals surface area contributed by atoms with Gasteiger partial charge in [0.2, 0.25) is 0 Å². The summed E-state index contributed by atoms with van der Waals surface area (Å²) < 4.78 is 8.93. The molecule has 1 aliphatic heterocycles. The minimum absolute atomic E-state index is 0.801. The van der Waals surface area contributed by atoms with Crippen LogP contribution in [-0.4, -0.2) is 51.4 Å². The molecule has 0 atom stereocenters. The fraction of sp³-hybridized carbons (Fsp3) is 0.923. The molecule has 0 radical (unpaired) electrons. The van der Waals surface area contributed by atoms with Crippen LogP contribution in [-0.2, 0) is 4.74 Å². The molecule has 0 aliphatic carbocycles. The van der Waals surface area contributed by atoms with E-state index in [1.54, 1.807) is 0 Å². The number of morpholine rings is 1. The Morgan fingerprint density at radius 2 is 1.74 bits per heavy atom. The van der Waals surface area contributed by atoms with Gasteiger partial charge in [0.25, 0.3) is 0 Å². The van der Waals surface area contributed by atoms with Gasteiger partial charge in [-0.15, -0.1) is 0 Å². The van der Waals surface area contributed by atoms with Gasteiger partial charge in [-0.3, -0.25) is 0 Å². The maximum absolute atomic E-state index is 7.04. The number of thiocarbonyl (C=S) groups is 1. The summed E-state index contributed by atoms with van der Waals surface area (Å²) in [5, 5.41) is 0. The molecule has 1 rings (SSSR count). The van der Waals surface area contributed by atoms with Crippen molar-refractivity contribution in [1.29, 1.82) is 0 Å². The van der Waals surface area contributed by atoms with Gasteiger partial charge in [-0.2, -0.15) is 0 Å².